The lowest BCUT2D eigenvalue weighted by molar-refractivity contribution is 0.296. The van der Waals surface area contributed by atoms with Gasteiger partial charge in [-0.05, 0) is 19.3 Å². The standard InChI is InChI=1S/C9H19NO2S3/c1-15(12)8-3-2-5-10-9(13)14-7-4-6-11/h11H,2-8H2,1H3,(H,10,13). The fourth-order valence-corrected chi connectivity index (χ4v) is 2.53. The van der Waals surface area contributed by atoms with E-state index < -0.39 is 10.8 Å². The SMILES string of the molecule is CS(=O)CCCCNC(=S)SCCCO. The van der Waals surface area contributed by atoms with Gasteiger partial charge < -0.3 is 10.4 Å². The first kappa shape index (κ1) is 15.3. The molecule has 0 aliphatic rings. The fraction of sp³-hybridized carbons (Fsp3) is 0.889. The van der Waals surface area contributed by atoms with Crippen LogP contribution in [0.1, 0.15) is 19.3 Å². The Morgan fingerprint density at radius 2 is 2.20 bits per heavy atom. The summed E-state index contributed by atoms with van der Waals surface area (Å²) < 4.78 is 11.5. The Balaban J connectivity index is 3.20. The van der Waals surface area contributed by atoms with Crippen molar-refractivity contribution in [2.75, 3.05) is 30.9 Å². The maximum absolute atomic E-state index is 10.8. The number of aliphatic hydroxyl groups excluding tert-OH is 1. The van der Waals surface area contributed by atoms with Crippen LogP contribution in [0.15, 0.2) is 0 Å². The van der Waals surface area contributed by atoms with E-state index in [1.807, 2.05) is 0 Å². The van der Waals surface area contributed by atoms with Crippen LogP contribution < -0.4 is 5.32 Å². The van der Waals surface area contributed by atoms with E-state index in [1.165, 1.54) is 0 Å². The first-order valence-corrected chi connectivity index (χ1v) is 8.10. The number of nitrogens with one attached hydrogen (secondary N) is 1. The molecule has 90 valence electrons. The van der Waals surface area contributed by atoms with Crippen molar-refractivity contribution in [1.29, 1.82) is 0 Å². The van der Waals surface area contributed by atoms with Gasteiger partial charge in [0, 0.05) is 41.7 Å². The van der Waals surface area contributed by atoms with Crippen LogP contribution >= 0.6 is 24.0 Å². The highest BCUT2D eigenvalue weighted by molar-refractivity contribution is 8.22. The molecule has 0 spiro atoms. The topological polar surface area (TPSA) is 49.3 Å². The van der Waals surface area contributed by atoms with Crippen LogP contribution in [0, 0.1) is 0 Å². The molecule has 2 N–H and O–H groups in total. The first-order chi connectivity index (χ1) is 7.16. The molecule has 0 aromatic rings. The summed E-state index contributed by atoms with van der Waals surface area (Å²) in [4.78, 5) is 0. The number of aliphatic hydroxyl groups is 1. The number of thiocarbonyl (C=S) groups is 1. The Morgan fingerprint density at radius 3 is 2.80 bits per heavy atom. The summed E-state index contributed by atoms with van der Waals surface area (Å²) in [7, 11) is -0.679. The van der Waals surface area contributed by atoms with Crippen LogP contribution in [-0.2, 0) is 10.8 Å². The molecular formula is C9H19NO2S3. The minimum atomic E-state index is -0.679. The smallest absolute Gasteiger partial charge is 0.133 e. The Kier molecular flexibility index (Phi) is 11.1. The lowest BCUT2D eigenvalue weighted by atomic mass is 10.3. The van der Waals surface area contributed by atoms with Crippen LogP contribution in [0.25, 0.3) is 0 Å². The van der Waals surface area contributed by atoms with Gasteiger partial charge in [0.2, 0.25) is 0 Å². The first-order valence-electron chi connectivity index (χ1n) is 4.98. The maximum atomic E-state index is 10.8. The zero-order valence-electron chi connectivity index (χ0n) is 9.03. The summed E-state index contributed by atoms with van der Waals surface area (Å²) in [5, 5.41) is 11.7. The Morgan fingerprint density at radius 1 is 1.47 bits per heavy atom. The number of rotatable bonds is 8. The Hall–Kier alpha value is 0.350. The van der Waals surface area contributed by atoms with Crippen LogP contribution in [0.5, 0.6) is 0 Å². The summed E-state index contributed by atoms with van der Waals surface area (Å²) in [5.74, 6) is 1.63. The highest BCUT2D eigenvalue weighted by atomic mass is 32.2. The molecule has 0 rings (SSSR count). The average Bonchev–Trinajstić information content (AvgIpc) is 2.17. The third kappa shape index (κ3) is 12.3. The van der Waals surface area contributed by atoms with Crippen molar-refractivity contribution in [2.24, 2.45) is 0 Å². The molecule has 3 nitrogen and oxygen atoms in total. The monoisotopic (exact) mass is 269 g/mol. The third-order valence-electron chi connectivity index (χ3n) is 1.66. The lowest BCUT2D eigenvalue weighted by Crippen LogP contribution is -2.20. The van der Waals surface area contributed by atoms with E-state index in [0.29, 0.717) is 0 Å². The van der Waals surface area contributed by atoms with E-state index in [-0.39, 0.29) is 6.61 Å². The molecule has 0 aliphatic carbocycles. The van der Waals surface area contributed by atoms with E-state index in [9.17, 15) is 4.21 Å². The van der Waals surface area contributed by atoms with Gasteiger partial charge in [0.05, 0.1) is 0 Å². The van der Waals surface area contributed by atoms with Crippen molar-refractivity contribution in [3.05, 3.63) is 0 Å². The summed E-state index contributed by atoms with van der Waals surface area (Å²) >= 11 is 6.64. The van der Waals surface area contributed by atoms with Gasteiger partial charge in [-0.1, -0.05) is 24.0 Å². The molecule has 0 aromatic carbocycles. The van der Waals surface area contributed by atoms with Crippen molar-refractivity contribution >= 4 is 39.1 Å². The molecule has 6 heteroatoms. The number of hydrogen-bond donors (Lipinski definition) is 2. The molecule has 1 atom stereocenters. The molecule has 0 saturated heterocycles. The van der Waals surface area contributed by atoms with Gasteiger partial charge in [-0.15, -0.1) is 0 Å². The molecule has 0 aliphatic heterocycles. The summed E-state index contributed by atoms with van der Waals surface area (Å²) in [6.07, 6.45) is 4.48. The molecule has 1 unspecified atom stereocenters. The van der Waals surface area contributed by atoms with Gasteiger partial charge in [-0.25, -0.2) is 0 Å². The Labute approximate surface area is 104 Å². The molecule has 0 aromatic heterocycles. The fourth-order valence-electron chi connectivity index (χ4n) is 0.901. The molecule has 0 radical (unpaired) electrons. The lowest BCUT2D eigenvalue weighted by Gasteiger charge is -2.06. The molecule has 0 heterocycles. The quantitative estimate of drug-likeness (QED) is 0.511. The number of unbranched alkanes of at least 4 members (excludes halogenated alkanes) is 1. The van der Waals surface area contributed by atoms with Gasteiger partial charge in [-0.2, -0.15) is 0 Å². The van der Waals surface area contributed by atoms with Gasteiger partial charge in [0.15, 0.2) is 0 Å². The second kappa shape index (κ2) is 10.9. The van der Waals surface area contributed by atoms with E-state index >= 15 is 0 Å². The second-order valence-corrected chi connectivity index (χ2v) is 6.45. The highest BCUT2D eigenvalue weighted by Crippen LogP contribution is 2.03. The van der Waals surface area contributed by atoms with E-state index in [1.54, 1.807) is 18.0 Å². The second-order valence-electron chi connectivity index (χ2n) is 3.12. The molecule has 0 fully saturated rings. The molecule has 0 saturated carbocycles. The van der Waals surface area contributed by atoms with Crippen molar-refractivity contribution < 1.29 is 9.32 Å². The van der Waals surface area contributed by atoms with E-state index in [2.05, 4.69) is 5.32 Å². The third-order valence-corrected chi connectivity index (χ3v) is 3.92. The number of thioether (sulfide) groups is 1. The average molecular weight is 269 g/mol. The largest absolute Gasteiger partial charge is 0.396 e. The maximum Gasteiger partial charge on any atom is 0.133 e. The van der Waals surface area contributed by atoms with Crippen LogP contribution in [-0.4, -0.2) is 44.5 Å². The van der Waals surface area contributed by atoms with Crippen molar-refractivity contribution in [3.8, 4) is 0 Å². The molecule has 0 bridgehead atoms. The molecular weight excluding hydrogens is 250 g/mol. The van der Waals surface area contributed by atoms with Crippen molar-refractivity contribution in [2.45, 2.75) is 19.3 Å². The Bertz CT molecular complexity index is 200. The predicted molar refractivity (Wildman–Crippen MR) is 72.9 cm³/mol. The normalized spacial score (nSPS) is 12.4. The molecule has 15 heavy (non-hydrogen) atoms. The van der Waals surface area contributed by atoms with Crippen LogP contribution in [0.3, 0.4) is 0 Å². The van der Waals surface area contributed by atoms with E-state index in [4.69, 9.17) is 17.3 Å². The zero-order valence-corrected chi connectivity index (χ0v) is 11.5. The van der Waals surface area contributed by atoms with Gasteiger partial charge in [0.1, 0.15) is 4.32 Å². The molecule has 0 amide bonds. The predicted octanol–water partition coefficient (Wildman–Crippen LogP) is 1.14. The summed E-state index contributed by atoms with van der Waals surface area (Å²) in [6.45, 7) is 1.07. The van der Waals surface area contributed by atoms with Crippen LogP contribution in [0.4, 0.5) is 0 Å². The van der Waals surface area contributed by atoms with Gasteiger partial charge in [-0.3, -0.25) is 4.21 Å². The highest BCUT2D eigenvalue weighted by Gasteiger charge is 1.97. The van der Waals surface area contributed by atoms with Crippen molar-refractivity contribution in [3.63, 3.8) is 0 Å². The summed E-state index contributed by atoms with van der Waals surface area (Å²) in [6, 6.07) is 0. The summed E-state index contributed by atoms with van der Waals surface area (Å²) in [5.41, 5.74) is 0. The van der Waals surface area contributed by atoms with Crippen molar-refractivity contribution in [1.82, 2.24) is 5.32 Å². The number of hydrogen-bond acceptors (Lipinski definition) is 4. The minimum absolute atomic E-state index is 0.220. The van der Waals surface area contributed by atoms with Gasteiger partial charge >= 0.3 is 0 Å². The van der Waals surface area contributed by atoms with E-state index in [0.717, 1.165) is 41.6 Å². The minimum Gasteiger partial charge on any atom is -0.396 e. The van der Waals surface area contributed by atoms with Crippen LogP contribution in [0.2, 0.25) is 0 Å². The zero-order chi connectivity index (χ0) is 11.5. The van der Waals surface area contributed by atoms with Gasteiger partial charge in [0.25, 0.3) is 0 Å².